The Kier molecular flexibility index (Phi) is 14.5. The van der Waals surface area contributed by atoms with Crippen molar-refractivity contribution in [3.63, 3.8) is 0 Å². The summed E-state index contributed by atoms with van der Waals surface area (Å²) in [5.41, 5.74) is 23.9. The van der Waals surface area contributed by atoms with Gasteiger partial charge >= 0.3 is 0 Å². The van der Waals surface area contributed by atoms with Crippen molar-refractivity contribution in [2.75, 3.05) is 17.2 Å². The van der Waals surface area contributed by atoms with Gasteiger partial charge < -0.3 is 42.1 Å². The third-order valence-electron chi connectivity index (χ3n) is 14.8. The number of aryl methyl sites for hydroxylation is 6. The normalized spacial score (nSPS) is 19.1. The highest BCUT2D eigenvalue weighted by molar-refractivity contribution is 5.89. The summed E-state index contributed by atoms with van der Waals surface area (Å²) >= 11 is 0. The van der Waals surface area contributed by atoms with Crippen molar-refractivity contribution in [2.24, 2.45) is 22.5 Å². The minimum atomic E-state index is 0.336. The van der Waals surface area contributed by atoms with E-state index < -0.39 is 0 Å². The molecule has 71 heavy (non-hydrogen) atoms. The van der Waals surface area contributed by atoms with E-state index in [-0.39, 0.29) is 0 Å². The first-order chi connectivity index (χ1) is 34.4. The Morgan fingerprint density at radius 3 is 1.69 bits per heavy atom. The van der Waals surface area contributed by atoms with Gasteiger partial charge in [-0.1, -0.05) is 44.9 Å². The zero-order valence-electron chi connectivity index (χ0n) is 42.2. The second kappa shape index (κ2) is 21.1. The second-order valence-corrected chi connectivity index (χ2v) is 19.5. The number of amidine groups is 1. The summed E-state index contributed by atoms with van der Waals surface area (Å²) < 4.78 is 8.56. The molecule has 0 saturated carbocycles. The summed E-state index contributed by atoms with van der Waals surface area (Å²) in [6.45, 7) is 29.2. The number of nitrogens with one attached hydrogen (secondary N) is 4. The first kappa shape index (κ1) is 48.9. The zero-order valence-corrected chi connectivity index (χ0v) is 42.2. The van der Waals surface area contributed by atoms with E-state index in [2.05, 4.69) is 129 Å². The molecule has 3 aliphatic heterocycles. The van der Waals surface area contributed by atoms with Crippen LogP contribution >= 0.6 is 0 Å². The second-order valence-electron chi connectivity index (χ2n) is 19.5. The Morgan fingerprint density at radius 1 is 0.690 bits per heavy atom. The average molecular weight is 960 g/mol. The molecule has 7 heterocycles. The maximum atomic E-state index is 6.51. The van der Waals surface area contributed by atoms with Gasteiger partial charge in [0.2, 0.25) is 11.9 Å². The number of allylic oxidation sites excluding steroid dienone is 2. The van der Waals surface area contributed by atoms with Crippen LogP contribution in [0.15, 0.2) is 80.0 Å². The zero-order chi connectivity index (χ0) is 49.9. The third-order valence-corrected chi connectivity index (χ3v) is 14.8. The van der Waals surface area contributed by atoms with Crippen molar-refractivity contribution in [1.29, 1.82) is 0 Å². The van der Waals surface area contributed by atoms with Crippen LogP contribution in [0.2, 0.25) is 0 Å². The number of rotatable bonds is 16. The molecule has 9 rings (SSSR count). The molecule has 0 aliphatic carbocycles. The van der Waals surface area contributed by atoms with E-state index in [0.717, 1.165) is 112 Å². The summed E-state index contributed by atoms with van der Waals surface area (Å²) in [6.07, 6.45) is 15.8. The van der Waals surface area contributed by atoms with E-state index in [0.29, 0.717) is 74.2 Å². The molecule has 10 N–H and O–H groups in total. The van der Waals surface area contributed by atoms with Crippen LogP contribution in [-0.4, -0.2) is 74.1 Å². The first-order valence-electron chi connectivity index (χ1n) is 25.5. The van der Waals surface area contributed by atoms with Crippen LogP contribution in [0, 0.1) is 13.8 Å². The fourth-order valence-corrected chi connectivity index (χ4v) is 11.4. The van der Waals surface area contributed by atoms with Gasteiger partial charge in [-0.25, -0.2) is 15.8 Å². The van der Waals surface area contributed by atoms with Crippen LogP contribution in [0.3, 0.4) is 0 Å². The lowest BCUT2D eigenvalue weighted by Crippen LogP contribution is -2.47. The Morgan fingerprint density at radius 2 is 1.20 bits per heavy atom. The van der Waals surface area contributed by atoms with Crippen LogP contribution in [0.1, 0.15) is 117 Å². The highest BCUT2D eigenvalue weighted by Gasteiger charge is 2.40. The van der Waals surface area contributed by atoms with E-state index in [4.69, 9.17) is 37.6 Å². The number of nitrogens with zero attached hydrogens (tertiary/aromatic N) is 10. The van der Waals surface area contributed by atoms with E-state index in [9.17, 15) is 0 Å². The smallest absolute Gasteiger partial charge is 0.208 e. The number of nitrogens with two attached hydrogens (primary N) is 3. The van der Waals surface area contributed by atoms with Crippen LogP contribution in [0.5, 0.6) is 0 Å². The fraction of sp³-hybridized carbons (Fsp3) is 0.426. The van der Waals surface area contributed by atoms with Crippen LogP contribution in [-0.2, 0) is 39.0 Å². The molecule has 2 fully saturated rings. The number of hydrogen-bond acceptors (Lipinski definition) is 12. The van der Waals surface area contributed by atoms with Gasteiger partial charge in [0.1, 0.15) is 5.84 Å². The summed E-state index contributed by atoms with van der Waals surface area (Å²) in [6, 6.07) is 14.5. The van der Waals surface area contributed by atoms with Crippen molar-refractivity contribution >= 4 is 62.6 Å². The number of fused-ring (bicyclic) bond motifs is 2. The van der Waals surface area contributed by atoms with Gasteiger partial charge in [-0.05, 0) is 144 Å². The highest BCUT2D eigenvalue weighted by atomic mass is 15.3. The number of anilines is 2. The topological polar surface area (TPSA) is 213 Å². The Labute approximate surface area is 417 Å². The quantitative estimate of drug-likeness (QED) is 0.0122. The van der Waals surface area contributed by atoms with Gasteiger partial charge in [-0.15, -0.1) is 0 Å². The predicted octanol–water partition coefficient (Wildman–Crippen LogP) is 8.13. The molecule has 17 heteroatoms. The van der Waals surface area contributed by atoms with Crippen LogP contribution in [0.4, 0.5) is 11.9 Å². The summed E-state index contributed by atoms with van der Waals surface area (Å²) in [4.78, 5) is 13.6. The van der Waals surface area contributed by atoms with Gasteiger partial charge in [0.15, 0.2) is 0 Å². The van der Waals surface area contributed by atoms with Crippen LogP contribution in [0.25, 0.3) is 44.9 Å². The van der Waals surface area contributed by atoms with Crippen molar-refractivity contribution < 1.29 is 0 Å². The molecule has 0 radical (unpaired) electrons. The molecule has 4 aromatic heterocycles. The number of hydrazine groups is 1. The molecule has 2 aromatic carbocycles. The molecule has 2 saturated heterocycles. The molecule has 3 aliphatic rings. The van der Waals surface area contributed by atoms with Crippen molar-refractivity contribution in [3.05, 3.63) is 120 Å². The monoisotopic (exact) mass is 960 g/mol. The van der Waals surface area contributed by atoms with Gasteiger partial charge in [-0.2, -0.15) is 15.3 Å². The minimum Gasteiger partial charge on any atom is -0.399 e. The molecule has 0 spiro atoms. The SMILES string of the molecule is C=C(N)c1cc2c3c(c1)nc(NC(=C)c1cc(C)nn1CC)n3C/C=C/Cn1c(NC(=C)c3cc(C)nn3CC)nc3cc(C(=C)NCCC/C(=N/N)NN)cc(c31)CCC(N1C3CCCC1CC3)CC2. The van der Waals surface area contributed by atoms with E-state index >= 15 is 0 Å². The van der Waals surface area contributed by atoms with E-state index in [1.165, 1.54) is 43.2 Å². The molecule has 3 unspecified atom stereocenters. The number of hydrazone groups is 1. The van der Waals surface area contributed by atoms with E-state index in [1.807, 2.05) is 23.2 Å². The third kappa shape index (κ3) is 10.1. The minimum absolute atomic E-state index is 0.336. The summed E-state index contributed by atoms with van der Waals surface area (Å²) in [5.74, 6) is 13.1. The number of benzene rings is 2. The summed E-state index contributed by atoms with van der Waals surface area (Å²) in [5, 5.41) is 24.1. The van der Waals surface area contributed by atoms with E-state index in [1.54, 1.807) is 0 Å². The Bertz CT molecular complexity index is 3030. The average Bonchev–Trinajstić information content (AvgIpc) is 4.17. The number of imidazole rings is 2. The van der Waals surface area contributed by atoms with Gasteiger partial charge in [0.25, 0.3) is 0 Å². The highest BCUT2D eigenvalue weighted by Crippen LogP contribution is 2.40. The molecule has 6 aromatic rings. The first-order valence-corrected chi connectivity index (χ1v) is 25.5. The van der Waals surface area contributed by atoms with Gasteiger partial charge in [-0.3, -0.25) is 14.3 Å². The number of aromatic nitrogens is 8. The van der Waals surface area contributed by atoms with Crippen molar-refractivity contribution in [2.45, 2.75) is 143 Å². The van der Waals surface area contributed by atoms with Gasteiger partial charge in [0.05, 0.1) is 56.2 Å². The lowest BCUT2D eigenvalue weighted by molar-refractivity contribution is 0.0769. The van der Waals surface area contributed by atoms with Crippen molar-refractivity contribution in [1.82, 2.24) is 54.3 Å². The van der Waals surface area contributed by atoms with Gasteiger partial charge in [0, 0.05) is 68.7 Å². The lowest BCUT2D eigenvalue weighted by Gasteiger charge is -2.41. The maximum Gasteiger partial charge on any atom is 0.208 e. The molecule has 17 nitrogen and oxygen atoms in total. The summed E-state index contributed by atoms with van der Waals surface area (Å²) in [7, 11) is 0. The largest absolute Gasteiger partial charge is 0.399 e. The maximum absolute atomic E-state index is 6.51. The fourth-order valence-electron chi connectivity index (χ4n) is 11.4. The molecule has 0 amide bonds. The lowest BCUT2D eigenvalue weighted by atomic mass is 9.91. The van der Waals surface area contributed by atoms with Crippen molar-refractivity contribution in [3.8, 4) is 0 Å². The van der Waals surface area contributed by atoms with Crippen LogP contribution < -0.4 is 38.8 Å². The standard InChI is InChI=1S/C54H73N17/c1-9-69-48(27-33(3)65-69)37(7)59-53-61-46-31-41(35(5)55)29-39-18-20-45(71-43-15-13-16-44(71)23-22-43)21-19-40-30-42(36(6)58-24-14-17-50(63-56)64-57)32-47-52(40)68(26-12-11-25-67(53)51(39)46)54(62-47)60-38(8)49-28-34(4)66-70(49)10-2/h11-12,27-32,43-45,58H,5-10,13-26,55-57H2,1-4H3,(H,59,61)(H,60,62)(H,63,64)/b12-11+. The molecule has 374 valence electrons. The number of piperidine rings is 1. The Balaban J connectivity index is 1.17. The molecular weight excluding hydrogens is 887 g/mol. The Hall–Kier alpha value is -7.11. The molecule has 3 atom stereocenters. The molecule has 2 bridgehead atoms. The number of hydrogen-bond donors (Lipinski definition) is 7. The predicted molar refractivity (Wildman–Crippen MR) is 291 cm³/mol. The molecular formula is C54H73N17.